The van der Waals surface area contributed by atoms with Crippen molar-refractivity contribution in [1.82, 2.24) is 0 Å². The second-order valence-electron chi connectivity index (χ2n) is 3.58. The van der Waals surface area contributed by atoms with E-state index in [0.717, 1.165) is 23.8 Å². The highest BCUT2D eigenvalue weighted by Gasteiger charge is 2.13. The predicted octanol–water partition coefficient (Wildman–Crippen LogP) is 4.23. The lowest BCUT2D eigenvalue weighted by atomic mass is 10.1. The van der Waals surface area contributed by atoms with Gasteiger partial charge in [-0.05, 0) is 37.6 Å². The van der Waals surface area contributed by atoms with Crippen LogP contribution in [0.15, 0.2) is 54.2 Å². The second-order valence-corrected chi connectivity index (χ2v) is 3.58. The quantitative estimate of drug-likeness (QED) is 0.443. The minimum atomic E-state index is -0.849. The smallest absolute Gasteiger partial charge is 0.191 e. The average molecular weight is 248 g/mol. The standard InChI is InChI=1S/C15H14F2O/c1-3-6-11(4-2)9-10-14(18)15-12(16)7-5-8-13(15)17/h3-10H,1-2H3/b6-3-,10-9-,11-4+. The number of ketones is 1. The maximum absolute atomic E-state index is 13.3. The molecule has 0 amide bonds. The van der Waals surface area contributed by atoms with Crippen LogP contribution >= 0.6 is 0 Å². The summed E-state index contributed by atoms with van der Waals surface area (Å²) < 4.78 is 26.7. The molecular weight excluding hydrogens is 234 g/mol. The topological polar surface area (TPSA) is 17.1 Å². The number of allylic oxidation sites excluding steroid dienone is 6. The molecule has 1 aromatic carbocycles. The summed E-state index contributed by atoms with van der Waals surface area (Å²) in [5, 5.41) is 0. The molecule has 3 heteroatoms. The number of rotatable bonds is 4. The van der Waals surface area contributed by atoms with Crippen LogP contribution in [0.25, 0.3) is 0 Å². The van der Waals surface area contributed by atoms with Crippen molar-refractivity contribution < 1.29 is 13.6 Å². The summed E-state index contributed by atoms with van der Waals surface area (Å²) in [5.41, 5.74) is 0.271. The summed E-state index contributed by atoms with van der Waals surface area (Å²) in [6.45, 7) is 3.66. The molecule has 1 aromatic rings. The van der Waals surface area contributed by atoms with Crippen molar-refractivity contribution >= 4 is 5.78 Å². The van der Waals surface area contributed by atoms with Crippen LogP contribution in [0.3, 0.4) is 0 Å². The van der Waals surface area contributed by atoms with Crippen molar-refractivity contribution in [3.63, 3.8) is 0 Å². The Morgan fingerprint density at radius 1 is 1.06 bits per heavy atom. The van der Waals surface area contributed by atoms with Crippen molar-refractivity contribution in [2.75, 3.05) is 0 Å². The van der Waals surface area contributed by atoms with E-state index in [1.165, 1.54) is 12.1 Å². The molecule has 0 spiro atoms. The van der Waals surface area contributed by atoms with E-state index in [-0.39, 0.29) is 0 Å². The lowest BCUT2D eigenvalue weighted by molar-refractivity contribution is 0.103. The van der Waals surface area contributed by atoms with Crippen LogP contribution in [0.1, 0.15) is 24.2 Å². The molecule has 0 fully saturated rings. The largest absolute Gasteiger partial charge is 0.289 e. The van der Waals surface area contributed by atoms with E-state index in [1.54, 1.807) is 12.2 Å². The average Bonchev–Trinajstić information content (AvgIpc) is 2.34. The number of hydrogen-bond donors (Lipinski definition) is 0. The van der Waals surface area contributed by atoms with E-state index in [0.29, 0.717) is 0 Å². The molecule has 18 heavy (non-hydrogen) atoms. The van der Waals surface area contributed by atoms with E-state index in [9.17, 15) is 13.6 Å². The van der Waals surface area contributed by atoms with Crippen LogP contribution in [0.4, 0.5) is 8.78 Å². The molecule has 0 aliphatic rings. The van der Waals surface area contributed by atoms with E-state index < -0.39 is 23.0 Å². The highest BCUT2D eigenvalue weighted by atomic mass is 19.1. The Bertz CT molecular complexity index is 505. The van der Waals surface area contributed by atoms with Crippen LogP contribution in [-0.2, 0) is 0 Å². The molecule has 94 valence electrons. The fourth-order valence-corrected chi connectivity index (χ4v) is 1.43. The molecule has 0 saturated carbocycles. The summed E-state index contributed by atoms with van der Waals surface area (Å²) >= 11 is 0. The van der Waals surface area contributed by atoms with Crippen LogP contribution in [-0.4, -0.2) is 5.78 Å². The lowest BCUT2D eigenvalue weighted by Crippen LogP contribution is -2.02. The van der Waals surface area contributed by atoms with Crippen molar-refractivity contribution in [2.45, 2.75) is 13.8 Å². The predicted molar refractivity (Wildman–Crippen MR) is 68.4 cm³/mol. The highest BCUT2D eigenvalue weighted by Crippen LogP contribution is 2.13. The van der Waals surface area contributed by atoms with Gasteiger partial charge in [-0.25, -0.2) is 8.78 Å². The van der Waals surface area contributed by atoms with Crippen LogP contribution in [0.5, 0.6) is 0 Å². The van der Waals surface area contributed by atoms with Gasteiger partial charge >= 0.3 is 0 Å². The Balaban J connectivity index is 2.99. The maximum atomic E-state index is 13.3. The fraction of sp³-hybridized carbons (Fsp3) is 0.133. The lowest BCUT2D eigenvalue weighted by Gasteiger charge is -2.00. The van der Waals surface area contributed by atoms with E-state index in [4.69, 9.17) is 0 Å². The molecule has 0 saturated heterocycles. The Labute approximate surface area is 105 Å². The molecule has 1 rings (SSSR count). The minimum absolute atomic E-state index is 0.523. The minimum Gasteiger partial charge on any atom is -0.289 e. The summed E-state index contributed by atoms with van der Waals surface area (Å²) in [6, 6.07) is 3.35. The first-order chi connectivity index (χ1) is 8.60. The third kappa shape index (κ3) is 3.48. The summed E-state index contributed by atoms with van der Waals surface area (Å²) in [4.78, 5) is 11.7. The summed E-state index contributed by atoms with van der Waals surface area (Å²) in [6.07, 6.45) is 8.09. The van der Waals surface area contributed by atoms with Gasteiger partial charge in [0.25, 0.3) is 0 Å². The Morgan fingerprint density at radius 3 is 2.17 bits per heavy atom. The van der Waals surface area contributed by atoms with Gasteiger partial charge in [-0.3, -0.25) is 4.79 Å². The molecule has 0 bridgehead atoms. The number of halogens is 2. The molecule has 0 aliphatic carbocycles. The van der Waals surface area contributed by atoms with Gasteiger partial charge in [0.2, 0.25) is 0 Å². The third-order valence-electron chi connectivity index (χ3n) is 2.33. The van der Waals surface area contributed by atoms with Gasteiger partial charge in [-0.1, -0.05) is 30.4 Å². The van der Waals surface area contributed by atoms with Crippen LogP contribution < -0.4 is 0 Å². The second kappa shape index (κ2) is 6.64. The molecule has 0 radical (unpaired) electrons. The van der Waals surface area contributed by atoms with Gasteiger partial charge in [0.1, 0.15) is 11.6 Å². The molecule has 0 atom stereocenters. The van der Waals surface area contributed by atoms with Crippen LogP contribution in [0.2, 0.25) is 0 Å². The van der Waals surface area contributed by atoms with Gasteiger partial charge in [-0.2, -0.15) is 0 Å². The fourth-order valence-electron chi connectivity index (χ4n) is 1.43. The number of hydrogen-bond acceptors (Lipinski definition) is 1. The SMILES string of the molecule is C\C=C/C(/C=C\C(=O)c1c(F)cccc1F)=C\C. The zero-order valence-electron chi connectivity index (χ0n) is 10.3. The summed E-state index contributed by atoms with van der Waals surface area (Å²) in [5.74, 6) is -2.38. The van der Waals surface area contributed by atoms with Gasteiger partial charge < -0.3 is 0 Å². The van der Waals surface area contributed by atoms with E-state index in [1.807, 2.05) is 19.9 Å². The first-order valence-electron chi connectivity index (χ1n) is 5.55. The number of carbonyl (C=O) groups excluding carboxylic acids is 1. The normalized spacial score (nSPS) is 12.6. The third-order valence-corrected chi connectivity index (χ3v) is 2.33. The van der Waals surface area contributed by atoms with Crippen molar-refractivity contribution in [3.8, 4) is 0 Å². The van der Waals surface area contributed by atoms with Crippen molar-refractivity contribution in [2.24, 2.45) is 0 Å². The summed E-state index contributed by atoms with van der Waals surface area (Å²) in [7, 11) is 0. The molecule has 0 aliphatic heterocycles. The van der Waals surface area contributed by atoms with Crippen molar-refractivity contribution in [1.29, 1.82) is 0 Å². The Morgan fingerprint density at radius 2 is 1.67 bits per heavy atom. The molecule has 0 unspecified atom stereocenters. The first-order valence-corrected chi connectivity index (χ1v) is 5.55. The Kier molecular flexibility index (Phi) is 5.18. The van der Waals surface area contributed by atoms with Crippen LogP contribution in [0, 0.1) is 11.6 Å². The van der Waals surface area contributed by atoms with Gasteiger partial charge in [0, 0.05) is 0 Å². The van der Waals surface area contributed by atoms with Gasteiger partial charge in [0.05, 0.1) is 5.56 Å². The first kappa shape index (κ1) is 14.0. The monoisotopic (exact) mass is 248 g/mol. The van der Waals surface area contributed by atoms with Gasteiger partial charge in [0.15, 0.2) is 5.78 Å². The zero-order chi connectivity index (χ0) is 13.5. The molecule has 0 heterocycles. The van der Waals surface area contributed by atoms with E-state index in [2.05, 4.69) is 0 Å². The van der Waals surface area contributed by atoms with Crippen molar-refractivity contribution in [3.05, 3.63) is 71.4 Å². The highest BCUT2D eigenvalue weighted by molar-refractivity contribution is 6.05. The molecule has 1 nitrogen and oxygen atoms in total. The number of carbonyl (C=O) groups is 1. The zero-order valence-corrected chi connectivity index (χ0v) is 10.3. The molecule has 0 aromatic heterocycles. The van der Waals surface area contributed by atoms with Gasteiger partial charge in [-0.15, -0.1) is 0 Å². The number of benzene rings is 1. The molecule has 0 N–H and O–H groups in total. The van der Waals surface area contributed by atoms with E-state index >= 15 is 0 Å². The Hall–Kier alpha value is -2.03. The molecular formula is C15H14F2O. The maximum Gasteiger partial charge on any atom is 0.191 e.